The van der Waals surface area contributed by atoms with Gasteiger partial charge in [-0.25, -0.2) is 0 Å². The van der Waals surface area contributed by atoms with Gasteiger partial charge in [0.1, 0.15) is 0 Å². The fourth-order valence-corrected chi connectivity index (χ4v) is 1.06. The molecule has 0 spiro atoms. The maximum absolute atomic E-state index is 11.7. The molecule has 0 aliphatic rings. The molecule has 0 bridgehead atoms. The molecular formula is C10H21N3O3. The van der Waals surface area contributed by atoms with E-state index in [4.69, 9.17) is 10.5 Å². The molecule has 0 aromatic rings. The molecule has 1 atom stereocenters. The lowest BCUT2D eigenvalue weighted by atomic mass is 10.3. The van der Waals surface area contributed by atoms with Gasteiger partial charge in [-0.2, -0.15) is 0 Å². The van der Waals surface area contributed by atoms with Crippen LogP contribution in [0.3, 0.4) is 0 Å². The van der Waals surface area contributed by atoms with Crippen molar-refractivity contribution in [2.24, 2.45) is 5.73 Å². The van der Waals surface area contributed by atoms with Gasteiger partial charge in [-0.15, -0.1) is 0 Å². The average Bonchev–Trinajstić information content (AvgIpc) is 2.22. The van der Waals surface area contributed by atoms with Crippen molar-refractivity contribution in [1.82, 2.24) is 9.80 Å². The first-order chi connectivity index (χ1) is 7.40. The van der Waals surface area contributed by atoms with Crippen LogP contribution in [0.2, 0.25) is 0 Å². The van der Waals surface area contributed by atoms with Gasteiger partial charge in [0.15, 0.2) is 0 Å². The molecule has 16 heavy (non-hydrogen) atoms. The maximum atomic E-state index is 11.7. The summed E-state index contributed by atoms with van der Waals surface area (Å²) in [4.78, 5) is 26.0. The van der Waals surface area contributed by atoms with Gasteiger partial charge in [0.2, 0.25) is 11.8 Å². The number of carbonyl (C=O) groups excluding carboxylic acids is 2. The highest BCUT2D eigenvalue weighted by Gasteiger charge is 2.20. The summed E-state index contributed by atoms with van der Waals surface area (Å²) < 4.78 is 4.88. The number of hydrogen-bond acceptors (Lipinski definition) is 4. The van der Waals surface area contributed by atoms with E-state index in [0.717, 1.165) is 0 Å². The molecular weight excluding hydrogens is 210 g/mol. The van der Waals surface area contributed by atoms with Crippen LogP contribution in [0.15, 0.2) is 0 Å². The number of amides is 2. The number of likely N-dealkylation sites (N-methyl/N-ethyl adjacent to an activating group) is 1. The molecule has 0 heterocycles. The van der Waals surface area contributed by atoms with E-state index in [2.05, 4.69) is 0 Å². The number of carbonyl (C=O) groups is 2. The molecule has 6 nitrogen and oxygen atoms in total. The van der Waals surface area contributed by atoms with Crippen molar-refractivity contribution in [3.63, 3.8) is 0 Å². The zero-order valence-corrected chi connectivity index (χ0v) is 10.4. The van der Waals surface area contributed by atoms with E-state index in [-0.39, 0.29) is 18.4 Å². The summed E-state index contributed by atoms with van der Waals surface area (Å²) in [5, 5.41) is 0. The van der Waals surface area contributed by atoms with Gasteiger partial charge < -0.3 is 20.3 Å². The monoisotopic (exact) mass is 231 g/mol. The van der Waals surface area contributed by atoms with Crippen LogP contribution in [-0.4, -0.2) is 68.6 Å². The third-order valence-corrected chi connectivity index (χ3v) is 2.09. The zero-order chi connectivity index (χ0) is 12.7. The van der Waals surface area contributed by atoms with Crippen molar-refractivity contribution in [3.8, 4) is 0 Å². The number of ether oxygens (including phenoxy) is 1. The van der Waals surface area contributed by atoms with Crippen molar-refractivity contribution in [1.29, 1.82) is 0 Å². The highest BCUT2D eigenvalue weighted by Crippen LogP contribution is 1.95. The van der Waals surface area contributed by atoms with Gasteiger partial charge in [-0.1, -0.05) is 0 Å². The fourth-order valence-electron chi connectivity index (χ4n) is 1.06. The van der Waals surface area contributed by atoms with E-state index in [1.54, 1.807) is 28.1 Å². The Kier molecular flexibility index (Phi) is 6.67. The smallest absolute Gasteiger partial charge is 0.241 e. The van der Waals surface area contributed by atoms with E-state index in [1.165, 1.54) is 9.80 Å². The maximum Gasteiger partial charge on any atom is 0.241 e. The largest absolute Gasteiger partial charge is 0.383 e. The zero-order valence-electron chi connectivity index (χ0n) is 10.4. The fraction of sp³-hybridized carbons (Fsp3) is 0.800. The Bertz CT molecular complexity index is 241. The number of nitrogens with two attached hydrogens (primary N) is 1. The Morgan fingerprint density at radius 3 is 2.31 bits per heavy atom. The van der Waals surface area contributed by atoms with E-state index < -0.39 is 6.04 Å². The first kappa shape index (κ1) is 14.9. The molecule has 2 N–H and O–H groups in total. The standard InChI is InChI=1S/C10H21N3O3/c1-8(11)10(15)13(5-6-16-4)7-9(14)12(2)3/h8H,5-7,11H2,1-4H3/t8-/m1/s1. The van der Waals surface area contributed by atoms with Gasteiger partial charge in [-0.05, 0) is 6.92 Å². The summed E-state index contributed by atoms with van der Waals surface area (Å²) in [6.45, 7) is 2.40. The normalized spacial score (nSPS) is 12.1. The van der Waals surface area contributed by atoms with E-state index >= 15 is 0 Å². The quantitative estimate of drug-likeness (QED) is 0.629. The van der Waals surface area contributed by atoms with Crippen LogP contribution in [0.25, 0.3) is 0 Å². The second kappa shape index (κ2) is 7.19. The van der Waals surface area contributed by atoms with Gasteiger partial charge in [0, 0.05) is 27.7 Å². The Morgan fingerprint density at radius 2 is 1.94 bits per heavy atom. The predicted molar refractivity (Wildman–Crippen MR) is 60.8 cm³/mol. The molecule has 0 rings (SSSR count). The van der Waals surface area contributed by atoms with Crippen molar-refractivity contribution in [2.75, 3.05) is 40.9 Å². The molecule has 0 radical (unpaired) electrons. The lowest BCUT2D eigenvalue weighted by Crippen LogP contribution is -2.47. The van der Waals surface area contributed by atoms with Gasteiger partial charge >= 0.3 is 0 Å². The minimum Gasteiger partial charge on any atom is -0.383 e. The Balaban J connectivity index is 4.42. The van der Waals surface area contributed by atoms with E-state index in [1.807, 2.05) is 0 Å². The SMILES string of the molecule is COCCN(CC(=O)N(C)C)C(=O)[C@@H](C)N. The molecule has 0 saturated carbocycles. The van der Waals surface area contributed by atoms with Crippen molar-refractivity contribution < 1.29 is 14.3 Å². The molecule has 0 saturated heterocycles. The highest BCUT2D eigenvalue weighted by molar-refractivity contribution is 5.87. The molecule has 0 aliphatic heterocycles. The lowest BCUT2D eigenvalue weighted by Gasteiger charge is -2.24. The number of rotatable bonds is 6. The van der Waals surface area contributed by atoms with Crippen molar-refractivity contribution in [2.45, 2.75) is 13.0 Å². The average molecular weight is 231 g/mol. The third kappa shape index (κ3) is 5.09. The molecule has 6 heteroatoms. The second-order valence-corrected chi connectivity index (χ2v) is 3.83. The van der Waals surface area contributed by atoms with E-state index in [0.29, 0.717) is 13.2 Å². The summed E-state index contributed by atoms with van der Waals surface area (Å²) in [7, 11) is 4.84. The molecule has 0 unspecified atom stereocenters. The number of methoxy groups -OCH3 is 1. The van der Waals surface area contributed by atoms with Crippen molar-refractivity contribution >= 4 is 11.8 Å². The molecule has 0 aromatic carbocycles. The lowest BCUT2D eigenvalue weighted by molar-refractivity contribution is -0.140. The predicted octanol–water partition coefficient (Wildman–Crippen LogP) is -1.10. The number of hydrogen-bond donors (Lipinski definition) is 1. The van der Waals surface area contributed by atoms with E-state index in [9.17, 15) is 9.59 Å². The van der Waals surface area contributed by atoms with Crippen LogP contribution in [0.5, 0.6) is 0 Å². The molecule has 94 valence electrons. The minimum atomic E-state index is -0.605. The minimum absolute atomic E-state index is 0.0384. The summed E-state index contributed by atoms with van der Waals surface area (Å²) in [6, 6.07) is -0.605. The van der Waals surface area contributed by atoms with Crippen LogP contribution in [-0.2, 0) is 14.3 Å². The summed E-state index contributed by atoms with van der Waals surface area (Å²) in [5.74, 6) is -0.377. The Hall–Kier alpha value is -1.14. The topological polar surface area (TPSA) is 75.9 Å². The van der Waals surface area contributed by atoms with Gasteiger partial charge in [0.25, 0.3) is 0 Å². The van der Waals surface area contributed by atoms with Crippen LogP contribution < -0.4 is 5.73 Å². The molecule has 0 aromatic heterocycles. The van der Waals surface area contributed by atoms with Crippen LogP contribution in [0.4, 0.5) is 0 Å². The molecule has 0 fully saturated rings. The van der Waals surface area contributed by atoms with Gasteiger partial charge in [0.05, 0.1) is 19.2 Å². The Morgan fingerprint density at radius 1 is 1.38 bits per heavy atom. The third-order valence-electron chi connectivity index (χ3n) is 2.09. The highest BCUT2D eigenvalue weighted by atomic mass is 16.5. The van der Waals surface area contributed by atoms with Crippen LogP contribution >= 0.6 is 0 Å². The first-order valence-electron chi connectivity index (χ1n) is 5.13. The van der Waals surface area contributed by atoms with Crippen LogP contribution in [0.1, 0.15) is 6.92 Å². The second-order valence-electron chi connectivity index (χ2n) is 3.83. The number of nitrogens with zero attached hydrogens (tertiary/aromatic N) is 2. The van der Waals surface area contributed by atoms with Crippen LogP contribution in [0, 0.1) is 0 Å². The molecule has 0 aliphatic carbocycles. The van der Waals surface area contributed by atoms with Gasteiger partial charge in [-0.3, -0.25) is 9.59 Å². The summed E-state index contributed by atoms with van der Waals surface area (Å²) >= 11 is 0. The van der Waals surface area contributed by atoms with Crippen molar-refractivity contribution in [3.05, 3.63) is 0 Å². The summed E-state index contributed by atoms with van der Waals surface area (Å²) in [5.41, 5.74) is 5.50. The summed E-state index contributed by atoms with van der Waals surface area (Å²) in [6.07, 6.45) is 0. The Labute approximate surface area is 96.3 Å². The first-order valence-corrected chi connectivity index (χ1v) is 5.13. The molecule has 2 amide bonds.